The number of aliphatic hydroxyl groups excluding tert-OH is 1. The number of hydrogen-bond acceptors (Lipinski definition) is 4. The second kappa shape index (κ2) is 8.35. The van der Waals surface area contributed by atoms with Crippen molar-refractivity contribution >= 4 is 12.4 Å². The molecule has 0 bridgehead atoms. The van der Waals surface area contributed by atoms with Gasteiger partial charge in [-0.1, -0.05) is 20.3 Å². The normalized spacial score (nSPS) is 14.9. The van der Waals surface area contributed by atoms with Gasteiger partial charge in [-0.3, -0.25) is 0 Å². The number of aliphatic hydroxyl groups is 1. The molecule has 0 spiro atoms. The van der Waals surface area contributed by atoms with Gasteiger partial charge in [-0.25, -0.2) is 0 Å². The summed E-state index contributed by atoms with van der Waals surface area (Å²) in [6, 6.07) is 3.28. The molecule has 0 saturated carbocycles. The first-order chi connectivity index (χ1) is 8.96. The van der Waals surface area contributed by atoms with E-state index >= 15 is 0 Å². The third kappa shape index (κ3) is 4.01. The standard InChI is InChI=1S/C15H25NO3.ClH/c1-6-10(3)15(17)14(16)13-11(18-4)7-9(2)8-12(13)19-5;/h7-8,10,14-15,17H,6,16H2,1-5H3;1H/t10?,14-,15+;/m0./s1. The molecule has 0 aromatic heterocycles. The number of methoxy groups -OCH3 is 2. The number of aryl methyl sites for hydroxylation is 1. The molecule has 0 aliphatic heterocycles. The molecular formula is C15H26ClNO3. The van der Waals surface area contributed by atoms with Crippen molar-refractivity contribution < 1.29 is 14.6 Å². The van der Waals surface area contributed by atoms with Gasteiger partial charge in [0, 0.05) is 0 Å². The van der Waals surface area contributed by atoms with Crippen molar-refractivity contribution in [1.29, 1.82) is 0 Å². The fraction of sp³-hybridized carbons (Fsp3) is 0.600. The van der Waals surface area contributed by atoms with E-state index in [1.807, 2.05) is 32.9 Å². The van der Waals surface area contributed by atoms with Crippen molar-refractivity contribution in [1.82, 2.24) is 0 Å². The van der Waals surface area contributed by atoms with E-state index in [1.54, 1.807) is 14.2 Å². The van der Waals surface area contributed by atoms with E-state index in [1.165, 1.54) is 0 Å². The monoisotopic (exact) mass is 303 g/mol. The molecule has 0 saturated heterocycles. The van der Waals surface area contributed by atoms with E-state index in [4.69, 9.17) is 15.2 Å². The average Bonchev–Trinajstić information content (AvgIpc) is 2.43. The number of hydrogen-bond donors (Lipinski definition) is 2. The lowest BCUT2D eigenvalue weighted by atomic mass is 9.90. The van der Waals surface area contributed by atoms with Crippen LogP contribution in [0.5, 0.6) is 11.5 Å². The molecule has 1 aromatic rings. The van der Waals surface area contributed by atoms with E-state index < -0.39 is 12.1 Å². The maximum absolute atomic E-state index is 10.3. The zero-order valence-electron chi connectivity index (χ0n) is 12.8. The predicted molar refractivity (Wildman–Crippen MR) is 83.9 cm³/mol. The molecule has 1 rings (SSSR count). The van der Waals surface area contributed by atoms with Crippen LogP contribution in [0.25, 0.3) is 0 Å². The summed E-state index contributed by atoms with van der Waals surface area (Å²) in [5.74, 6) is 1.43. The summed E-state index contributed by atoms with van der Waals surface area (Å²) >= 11 is 0. The number of rotatable bonds is 6. The van der Waals surface area contributed by atoms with Crippen LogP contribution in [0.3, 0.4) is 0 Å². The minimum Gasteiger partial charge on any atom is -0.496 e. The van der Waals surface area contributed by atoms with E-state index in [9.17, 15) is 5.11 Å². The van der Waals surface area contributed by atoms with Crippen molar-refractivity contribution in [3.05, 3.63) is 23.3 Å². The lowest BCUT2D eigenvalue weighted by Gasteiger charge is -2.27. The molecule has 3 atom stereocenters. The van der Waals surface area contributed by atoms with E-state index in [0.717, 1.165) is 17.5 Å². The molecule has 0 heterocycles. The lowest BCUT2D eigenvalue weighted by molar-refractivity contribution is 0.0861. The van der Waals surface area contributed by atoms with Gasteiger partial charge >= 0.3 is 0 Å². The first-order valence-corrected chi connectivity index (χ1v) is 6.62. The molecule has 0 amide bonds. The Morgan fingerprint density at radius 3 is 2.00 bits per heavy atom. The molecule has 1 unspecified atom stereocenters. The summed E-state index contributed by atoms with van der Waals surface area (Å²) < 4.78 is 10.8. The highest BCUT2D eigenvalue weighted by Crippen LogP contribution is 2.37. The molecule has 4 nitrogen and oxygen atoms in total. The van der Waals surface area contributed by atoms with Crippen molar-refractivity contribution in [2.24, 2.45) is 11.7 Å². The van der Waals surface area contributed by atoms with Crippen LogP contribution in [-0.4, -0.2) is 25.4 Å². The number of nitrogens with two attached hydrogens (primary N) is 1. The van der Waals surface area contributed by atoms with Crippen LogP contribution >= 0.6 is 12.4 Å². The van der Waals surface area contributed by atoms with E-state index in [-0.39, 0.29) is 18.3 Å². The first kappa shape index (κ1) is 19.0. The van der Waals surface area contributed by atoms with Gasteiger partial charge in [0.25, 0.3) is 0 Å². The van der Waals surface area contributed by atoms with Gasteiger partial charge in [0.05, 0.1) is 31.9 Å². The summed E-state index contributed by atoms with van der Waals surface area (Å²) in [5, 5.41) is 10.3. The van der Waals surface area contributed by atoms with Crippen molar-refractivity contribution in [3.8, 4) is 11.5 Å². The minimum absolute atomic E-state index is 0. The number of ether oxygens (including phenoxy) is 2. The summed E-state index contributed by atoms with van der Waals surface area (Å²) in [4.78, 5) is 0. The topological polar surface area (TPSA) is 64.7 Å². The van der Waals surface area contributed by atoms with Gasteiger partial charge in [0.15, 0.2) is 0 Å². The molecule has 20 heavy (non-hydrogen) atoms. The third-order valence-corrected chi connectivity index (χ3v) is 3.62. The Balaban J connectivity index is 0.00000361. The van der Waals surface area contributed by atoms with Crippen LogP contribution in [0.15, 0.2) is 12.1 Å². The summed E-state index contributed by atoms with van der Waals surface area (Å²) in [6.45, 7) is 5.98. The zero-order valence-corrected chi connectivity index (χ0v) is 13.7. The fourth-order valence-electron chi connectivity index (χ4n) is 2.16. The Bertz CT molecular complexity index is 401. The van der Waals surface area contributed by atoms with Gasteiger partial charge in [-0.05, 0) is 30.5 Å². The minimum atomic E-state index is -0.629. The van der Waals surface area contributed by atoms with E-state index in [0.29, 0.717) is 11.5 Å². The fourth-order valence-corrected chi connectivity index (χ4v) is 2.16. The van der Waals surface area contributed by atoms with Crippen molar-refractivity contribution in [2.45, 2.75) is 39.3 Å². The van der Waals surface area contributed by atoms with Crippen LogP contribution in [-0.2, 0) is 0 Å². The van der Waals surface area contributed by atoms with Crippen LogP contribution in [0.1, 0.15) is 37.4 Å². The largest absolute Gasteiger partial charge is 0.496 e. The van der Waals surface area contributed by atoms with E-state index in [2.05, 4.69) is 0 Å². The SMILES string of the molecule is CCC(C)[C@@H](O)[C@@H](N)c1c(OC)cc(C)cc1OC.Cl. The molecule has 5 heteroatoms. The highest BCUT2D eigenvalue weighted by molar-refractivity contribution is 5.85. The van der Waals surface area contributed by atoms with Gasteiger partial charge in [-0.15, -0.1) is 12.4 Å². The summed E-state index contributed by atoms with van der Waals surface area (Å²) in [5.41, 5.74) is 7.96. The Kier molecular flexibility index (Phi) is 7.94. The number of halogens is 1. The predicted octanol–water partition coefficient (Wildman–Crippen LogP) is 2.84. The summed E-state index contributed by atoms with van der Waals surface area (Å²) in [7, 11) is 3.19. The van der Waals surface area contributed by atoms with Crippen LogP contribution in [0.2, 0.25) is 0 Å². The van der Waals surface area contributed by atoms with Gasteiger partial charge in [0.2, 0.25) is 0 Å². The molecular weight excluding hydrogens is 278 g/mol. The highest BCUT2D eigenvalue weighted by atomic mass is 35.5. The maximum atomic E-state index is 10.3. The Morgan fingerprint density at radius 2 is 1.65 bits per heavy atom. The number of benzene rings is 1. The third-order valence-electron chi connectivity index (χ3n) is 3.62. The highest BCUT2D eigenvalue weighted by Gasteiger charge is 2.27. The molecule has 0 fully saturated rings. The molecule has 0 radical (unpaired) electrons. The molecule has 116 valence electrons. The smallest absolute Gasteiger partial charge is 0.127 e. The average molecular weight is 304 g/mol. The van der Waals surface area contributed by atoms with Gasteiger partial charge in [-0.2, -0.15) is 0 Å². The van der Waals surface area contributed by atoms with Gasteiger partial charge in [0.1, 0.15) is 11.5 Å². The second-order valence-corrected chi connectivity index (χ2v) is 4.99. The van der Waals surface area contributed by atoms with Crippen LogP contribution in [0.4, 0.5) is 0 Å². The molecule has 0 aliphatic rings. The molecule has 3 N–H and O–H groups in total. The zero-order chi connectivity index (χ0) is 14.6. The first-order valence-electron chi connectivity index (χ1n) is 6.62. The summed E-state index contributed by atoms with van der Waals surface area (Å²) in [6.07, 6.45) is 0.237. The molecule has 0 aliphatic carbocycles. The second-order valence-electron chi connectivity index (χ2n) is 4.99. The van der Waals surface area contributed by atoms with Crippen molar-refractivity contribution in [3.63, 3.8) is 0 Å². The lowest BCUT2D eigenvalue weighted by Crippen LogP contribution is -2.32. The van der Waals surface area contributed by atoms with Crippen LogP contribution in [0, 0.1) is 12.8 Å². The van der Waals surface area contributed by atoms with Crippen LogP contribution < -0.4 is 15.2 Å². The molecule has 1 aromatic carbocycles. The maximum Gasteiger partial charge on any atom is 0.127 e. The Labute approximate surface area is 127 Å². The Hall–Kier alpha value is -0.970. The Morgan fingerprint density at radius 1 is 1.20 bits per heavy atom. The van der Waals surface area contributed by atoms with Gasteiger partial charge < -0.3 is 20.3 Å². The van der Waals surface area contributed by atoms with Crippen molar-refractivity contribution in [2.75, 3.05) is 14.2 Å². The quantitative estimate of drug-likeness (QED) is 0.848.